The molecule has 0 atom stereocenters. The van der Waals surface area contributed by atoms with Crippen LogP contribution in [-0.4, -0.2) is 43.2 Å². The lowest BCUT2D eigenvalue weighted by Crippen LogP contribution is -2.47. The van der Waals surface area contributed by atoms with Gasteiger partial charge < -0.3 is 10.2 Å². The van der Waals surface area contributed by atoms with Gasteiger partial charge in [0.2, 0.25) is 5.91 Å². The summed E-state index contributed by atoms with van der Waals surface area (Å²) in [6, 6.07) is 0. The summed E-state index contributed by atoms with van der Waals surface area (Å²) >= 11 is 0. The minimum absolute atomic E-state index is 0.179. The van der Waals surface area contributed by atoms with Crippen LogP contribution < -0.4 is 5.32 Å². The Hall–Kier alpha value is -0.780. The van der Waals surface area contributed by atoms with Crippen LogP contribution >= 0.6 is 0 Å². The zero-order valence-corrected chi connectivity index (χ0v) is 9.31. The van der Waals surface area contributed by atoms with Gasteiger partial charge in [-0.15, -0.1) is 0 Å². The van der Waals surface area contributed by atoms with E-state index in [4.69, 9.17) is 0 Å². The third-order valence-electron chi connectivity index (χ3n) is 2.55. The van der Waals surface area contributed by atoms with Gasteiger partial charge in [-0.3, -0.25) is 4.79 Å². The van der Waals surface area contributed by atoms with Crippen LogP contribution in [0, 0.1) is 5.92 Å². The van der Waals surface area contributed by atoms with Crippen LogP contribution in [0.1, 0.15) is 19.8 Å². The Labute approximate surface area is 93.0 Å². The zero-order chi connectivity index (χ0) is 12.2. The first-order valence-electron chi connectivity index (χ1n) is 5.47. The molecule has 1 N–H and O–H groups in total. The maximum Gasteiger partial charge on any atom is 0.406 e. The maximum atomic E-state index is 12.2. The molecule has 0 aromatic rings. The van der Waals surface area contributed by atoms with Crippen molar-refractivity contribution >= 4 is 5.91 Å². The summed E-state index contributed by atoms with van der Waals surface area (Å²) in [6.45, 7) is 2.29. The molecule has 1 heterocycles. The number of rotatable bonds is 5. The van der Waals surface area contributed by atoms with Gasteiger partial charge in [-0.05, 0) is 25.4 Å². The molecule has 0 saturated carbocycles. The first kappa shape index (κ1) is 13.3. The topological polar surface area (TPSA) is 32.3 Å². The molecule has 94 valence electrons. The number of alkyl halides is 3. The van der Waals surface area contributed by atoms with Crippen LogP contribution in [0.3, 0.4) is 0 Å². The van der Waals surface area contributed by atoms with Crippen molar-refractivity contribution in [3.63, 3.8) is 0 Å². The minimum Gasteiger partial charge on any atom is -0.334 e. The summed E-state index contributed by atoms with van der Waals surface area (Å²) in [5.74, 6) is -0.175. The second-order valence-corrected chi connectivity index (χ2v) is 4.16. The fourth-order valence-electron chi connectivity index (χ4n) is 1.65. The van der Waals surface area contributed by atoms with Crippen LogP contribution in [0.2, 0.25) is 0 Å². The summed E-state index contributed by atoms with van der Waals surface area (Å²) in [4.78, 5) is 12.5. The largest absolute Gasteiger partial charge is 0.406 e. The Morgan fingerprint density at radius 2 is 2.06 bits per heavy atom. The van der Waals surface area contributed by atoms with Gasteiger partial charge in [0.25, 0.3) is 0 Å². The molecule has 1 amide bonds. The van der Waals surface area contributed by atoms with Crippen molar-refractivity contribution in [2.75, 3.05) is 26.2 Å². The van der Waals surface area contributed by atoms with Crippen molar-refractivity contribution in [2.24, 2.45) is 5.92 Å². The van der Waals surface area contributed by atoms with Crippen molar-refractivity contribution in [2.45, 2.75) is 25.9 Å². The van der Waals surface area contributed by atoms with E-state index >= 15 is 0 Å². The lowest BCUT2D eigenvalue weighted by atomic mass is 9.98. The summed E-state index contributed by atoms with van der Waals surface area (Å²) in [7, 11) is 0. The number of amides is 1. The molecular formula is C10H17F3N2O. The van der Waals surface area contributed by atoms with Gasteiger partial charge in [0.1, 0.15) is 6.54 Å². The molecule has 1 saturated heterocycles. The van der Waals surface area contributed by atoms with Crippen LogP contribution in [-0.2, 0) is 4.79 Å². The van der Waals surface area contributed by atoms with Crippen LogP contribution in [0.5, 0.6) is 0 Å². The Morgan fingerprint density at radius 1 is 1.44 bits per heavy atom. The van der Waals surface area contributed by atoms with Crippen LogP contribution in [0.4, 0.5) is 13.2 Å². The predicted octanol–water partition coefficient (Wildman–Crippen LogP) is 1.40. The Bertz CT molecular complexity index is 239. The molecule has 6 heteroatoms. The number of hydrogen-bond donors (Lipinski definition) is 1. The van der Waals surface area contributed by atoms with E-state index in [-0.39, 0.29) is 24.8 Å². The Morgan fingerprint density at radius 3 is 2.44 bits per heavy atom. The second-order valence-electron chi connectivity index (χ2n) is 4.16. The standard InChI is InChI=1S/C10H17F3N2O/c1-2-3-15(7-10(11,12)13)9(16)4-8-5-14-6-8/h8,14H,2-7H2,1H3. The quantitative estimate of drug-likeness (QED) is 0.785. The van der Waals surface area contributed by atoms with Crippen LogP contribution in [0.25, 0.3) is 0 Å². The molecule has 1 rings (SSSR count). The molecule has 0 radical (unpaired) electrons. The van der Waals surface area contributed by atoms with E-state index in [1.165, 1.54) is 0 Å². The summed E-state index contributed by atoms with van der Waals surface area (Å²) in [5, 5.41) is 2.99. The van der Waals surface area contributed by atoms with Crippen molar-refractivity contribution < 1.29 is 18.0 Å². The van der Waals surface area contributed by atoms with E-state index < -0.39 is 12.7 Å². The molecule has 0 aromatic carbocycles. The Kier molecular flexibility index (Phi) is 4.58. The number of carbonyl (C=O) groups excluding carboxylic acids is 1. The van der Waals surface area contributed by atoms with Crippen molar-refractivity contribution in [3.8, 4) is 0 Å². The lowest BCUT2D eigenvalue weighted by molar-refractivity contribution is -0.162. The number of nitrogens with one attached hydrogen (secondary N) is 1. The molecule has 1 aliphatic heterocycles. The number of carbonyl (C=O) groups is 1. The van der Waals surface area contributed by atoms with E-state index in [2.05, 4.69) is 5.32 Å². The van der Waals surface area contributed by atoms with E-state index in [0.717, 1.165) is 18.0 Å². The van der Waals surface area contributed by atoms with Gasteiger partial charge in [-0.1, -0.05) is 6.92 Å². The van der Waals surface area contributed by atoms with Gasteiger partial charge in [0.15, 0.2) is 0 Å². The normalized spacial score (nSPS) is 17.0. The first-order valence-corrected chi connectivity index (χ1v) is 5.47. The molecule has 0 aromatic heterocycles. The van der Waals surface area contributed by atoms with Crippen molar-refractivity contribution in [3.05, 3.63) is 0 Å². The predicted molar refractivity (Wildman–Crippen MR) is 53.9 cm³/mol. The summed E-state index contributed by atoms with van der Waals surface area (Å²) in [5.41, 5.74) is 0. The highest BCUT2D eigenvalue weighted by molar-refractivity contribution is 5.76. The third kappa shape index (κ3) is 4.38. The highest BCUT2D eigenvalue weighted by atomic mass is 19.4. The molecule has 3 nitrogen and oxygen atoms in total. The molecule has 1 fully saturated rings. The second kappa shape index (κ2) is 5.52. The Balaban J connectivity index is 2.43. The average molecular weight is 238 g/mol. The lowest BCUT2D eigenvalue weighted by Gasteiger charge is -2.30. The molecule has 0 bridgehead atoms. The van der Waals surface area contributed by atoms with E-state index in [0.29, 0.717) is 6.42 Å². The third-order valence-corrected chi connectivity index (χ3v) is 2.55. The molecule has 16 heavy (non-hydrogen) atoms. The summed E-state index contributed by atoms with van der Waals surface area (Å²) in [6.07, 6.45) is -3.53. The van der Waals surface area contributed by atoms with Crippen molar-refractivity contribution in [1.82, 2.24) is 10.2 Å². The monoisotopic (exact) mass is 238 g/mol. The first-order chi connectivity index (χ1) is 7.42. The smallest absolute Gasteiger partial charge is 0.334 e. The van der Waals surface area contributed by atoms with Gasteiger partial charge in [0.05, 0.1) is 0 Å². The minimum atomic E-state index is -4.30. The molecule has 0 unspecified atom stereocenters. The van der Waals surface area contributed by atoms with E-state index in [1.807, 2.05) is 0 Å². The SMILES string of the molecule is CCCN(CC(F)(F)F)C(=O)CC1CNC1. The van der Waals surface area contributed by atoms with Gasteiger partial charge in [-0.2, -0.15) is 13.2 Å². The van der Waals surface area contributed by atoms with E-state index in [1.54, 1.807) is 6.92 Å². The molecule has 0 aliphatic carbocycles. The summed E-state index contributed by atoms with van der Waals surface area (Å²) < 4.78 is 36.6. The average Bonchev–Trinajstić information content (AvgIpc) is 2.08. The fraction of sp³-hybridized carbons (Fsp3) is 0.900. The number of nitrogens with zero attached hydrogens (tertiary/aromatic N) is 1. The van der Waals surface area contributed by atoms with Gasteiger partial charge in [-0.25, -0.2) is 0 Å². The number of halogens is 3. The van der Waals surface area contributed by atoms with E-state index in [9.17, 15) is 18.0 Å². The van der Waals surface area contributed by atoms with Gasteiger partial charge in [0, 0.05) is 13.0 Å². The molecular weight excluding hydrogens is 221 g/mol. The van der Waals surface area contributed by atoms with Crippen LogP contribution in [0.15, 0.2) is 0 Å². The zero-order valence-electron chi connectivity index (χ0n) is 9.31. The molecule has 1 aliphatic rings. The number of hydrogen-bond acceptors (Lipinski definition) is 2. The fourth-order valence-corrected chi connectivity index (χ4v) is 1.65. The van der Waals surface area contributed by atoms with Crippen molar-refractivity contribution in [1.29, 1.82) is 0 Å². The highest BCUT2D eigenvalue weighted by Crippen LogP contribution is 2.19. The highest BCUT2D eigenvalue weighted by Gasteiger charge is 2.33. The van der Waals surface area contributed by atoms with Gasteiger partial charge >= 0.3 is 6.18 Å². The molecule has 0 spiro atoms. The maximum absolute atomic E-state index is 12.2.